The maximum atomic E-state index is 14.2. The second kappa shape index (κ2) is 21.6. The number of nitriles is 1. The molecular formula is C42H57FN5O5P. The van der Waals surface area contributed by atoms with Gasteiger partial charge in [0.15, 0.2) is 5.82 Å². The first kappa shape index (κ1) is 41.7. The zero-order valence-electron chi connectivity index (χ0n) is 31.9. The van der Waals surface area contributed by atoms with Gasteiger partial charge in [0.2, 0.25) is 0 Å². The molecule has 0 amide bonds. The predicted octanol–water partition coefficient (Wildman–Crippen LogP) is 10.4. The van der Waals surface area contributed by atoms with Crippen LogP contribution in [0.1, 0.15) is 144 Å². The van der Waals surface area contributed by atoms with Crippen LogP contribution in [-0.2, 0) is 31.5 Å². The van der Waals surface area contributed by atoms with E-state index in [4.69, 9.17) is 24.3 Å². The van der Waals surface area contributed by atoms with Crippen LogP contribution in [-0.4, -0.2) is 38.3 Å². The molecule has 1 saturated heterocycles. The Bertz CT molecular complexity index is 1770. The molecule has 3 N–H and O–H groups in total. The van der Waals surface area contributed by atoms with Gasteiger partial charge >= 0.3 is 8.60 Å². The average Bonchev–Trinajstić information content (AvgIpc) is 3.79. The topological polar surface area (TPSA) is 137 Å². The molecule has 4 atom stereocenters. The van der Waals surface area contributed by atoms with Crippen molar-refractivity contribution < 1.29 is 27.8 Å². The van der Waals surface area contributed by atoms with Gasteiger partial charge in [-0.2, -0.15) is 10.4 Å². The number of hydrogen-bond donors (Lipinski definition) is 2. The third-order valence-electron chi connectivity index (χ3n) is 10.2. The highest BCUT2D eigenvalue weighted by atomic mass is 31.2. The van der Waals surface area contributed by atoms with E-state index in [-0.39, 0.29) is 31.5 Å². The zero-order chi connectivity index (χ0) is 38.2. The van der Waals surface area contributed by atoms with Gasteiger partial charge in [-0.05, 0) is 79.6 Å². The van der Waals surface area contributed by atoms with Gasteiger partial charge < -0.3 is 29.1 Å². The number of halogens is 1. The molecule has 3 unspecified atom stereocenters. The van der Waals surface area contributed by atoms with Gasteiger partial charge in [-0.1, -0.05) is 102 Å². The van der Waals surface area contributed by atoms with E-state index < -0.39 is 26.1 Å². The Morgan fingerprint density at radius 1 is 0.981 bits per heavy atom. The molecule has 3 heterocycles. The highest BCUT2D eigenvalue weighted by Gasteiger charge is 2.39. The van der Waals surface area contributed by atoms with Gasteiger partial charge in [0, 0.05) is 0 Å². The lowest BCUT2D eigenvalue weighted by atomic mass is 10.0. The summed E-state index contributed by atoms with van der Waals surface area (Å²) in [6, 6.07) is 18.2. The van der Waals surface area contributed by atoms with E-state index in [1.165, 1.54) is 94.7 Å². The number of anilines is 1. The lowest BCUT2D eigenvalue weighted by Gasteiger charge is -2.26. The Hall–Kier alpha value is -3.49. The van der Waals surface area contributed by atoms with Gasteiger partial charge in [-0.3, -0.25) is 0 Å². The van der Waals surface area contributed by atoms with Crippen molar-refractivity contribution in [1.29, 1.82) is 5.26 Å². The summed E-state index contributed by atoms with van der Waals surface area (Å²) < 4.78 is 40.2. The minimum atomic E-state index is -2.25. The summed E-state index contributed by atoms with van der Waals surface area (Å²) in [5.74, 6) is -0.0957. The number of fused-ring (bicyclic) bond motifs is 1. The molecule has 2 aromatic heterocycles. The van der Waals surface area contributed by atoms with Gasteiger partial charge in [-0.25, -0.2) is 13.9 Å². The van der Waals surface area contributed by atoms with Crippen LogP contribution in [0.4, 0.5) is 10.2 Å². The van der Waals surface area contributed by atoms with Crippen LogP contribution < -0.4 is 5.73 Å². The largest absolute Gasteiger partial charge is 0.382 e. The van der Waals surface area contributed by atoms with Crippen LogP contribution in [0.25, 0.3) is 5.52 Å². The van der Waals surface area contributed by atoms with Crippen molar-refractivity contribution in [3.05, 3.63) is 94.7 Å². The molecule has 10 nitrogen and oxygen atoms in total. The van der Waals surface area contributed by atoms with E-state index in [1.807, 2.05) is 37.3 Å². The molecule has 2 aromatic carbocycles. The van der Waals surface area contributed by atoms with Gasteiger partial charge in [0.1, 0.15) is 29.9 Å². The number of ether oxygens (including phenoxy) is 2. The Kier molecular flexibility index (Phi) is 16.6. The molecule has 12 heteroatoms. The van der Waals surface area contributed by atoms with Gasteiger partial charge in [-0.15, -0.1) is 0 Å². The molecule has 0 radical (unpaired) electrons. The van der Waals surface area contributed by atoms with Crippen LogP contribution in [0.3, 0.4) is 0 Å². The van der Waals surface area contributed by atoms with Crippen molar-refractivity contribution in [2.75, 3.05) is 18.9 Å². The number of aromatic nitrogens is 3. The van der Waals surface area contributed by atoms with Crippen molar-refractivity contribution in [2.24, 2.45) is 0 Å². The number of benzene rings is 2. The summed E-state index contributed by atoms with van der Waals surface area (Å²) in [5.41, 5.74) is 9.85. The van der Waals surface area contributed by atoms with Crippen molar-refractivity contribution in [1.82, 2.24) is 14.6 Å². The van der Waals surface area contributed by atoms with Gasteiger partial charge in [0.25, 0.3) is 0 Å². The molecule has 5 rings (SSSR count). The smallest absolute Gasteiger partial charge is 0.330 e. The molecule has 54 heavy (non-hydrogen) atoms. The first-order chi connectivity index (χ1) is 26.3. The highest BCUT2D eigenvalue weighted by molar-refractivity contribution is 7.40. The van der Waals surface area contributed by atoms with E-state index in [0.29, 0.717) is 17.8 Å². The summed E-state index contributed by atoms with van der Waals surface area (Å²) in [5, 5.41) is 13.6. The molecule has 292 valence electrons. The Morgan fingerprint density at radius 3 is 2.39 bits per heavy atom. The number of hydrogen-bond acceptors (Lipinski definition) is 9. The van der Waals surface area contributed by atoms with E-state index in [1.54, 1.807) is 10.6 Å². The zero-order valence-corrected chi connectivity index (χ0v) is 32.8. The quantitative estimate of drug-likeness (QED) is 0.0528. The molecule has 0 saturated carbocycles. The number of aryl methyl sites for hydroxylation is 1. The molecule has 1 aliphatic rings. The summed E-state index contributed by atoms with van der Waals surface area (Å²) in [6.07, 6.45) is 19.0. The number of unbranched alkanes of at least 4 members (excludes halogenated alkanes) is 11. The second-order valence-corrected chi connectivity index (χ2v) is 15.7. The van der Waals surface area contributed by atoms with E-state index in [9.17, 15) is 14.5 Å². The minimum Gasteiger partial charge on any atom is -0.382 e. The van der Waals surface area contributed by atoms with Crippen molar-refractivity contribution >= 4 is 19.9 Å². The molecule has 1 aliphatic heterocycles. The summed E-state index contributed by atoms with van der Waals surface area (Å²) >= 11 is 0. The van der Waals surface area contributed by atoms with E-state index in [0.717, 1.165) is 36.0 Å². The maximum absolute atomic E-state index is 14.2. The molecule has 0 spiro atoms. The lowest BCUT2D eigenvalue weighted by molar-refractivity contribution is -0.0620. The predicted molar refractivity (Wildman–Crippen MR) is 210 cm³/mol. The number of nitrogens with zero attached hydrogens (tertiary/aromatic N) is 4. The van der Waals surface area contributed by atoms with Crippen molar-refractivity contribution in [2.45, 2.75) is 135 Å². The van der Waals surface area contributed by atoms with Crippen molar-refractivity contribution in [3.8, 4) is 6.07 Å². The third kappa shape index (κ3) is 12.8. The highest BCUT2D eigenvalue weighted by Crippen LogP contribution is 2.43. The fourth-order valence-electron chi connectivity index (χ4n) is 7.09. The summed E-state index contributed by atoms with van der Waals surface area (Å²) in [6.45, 7) is 4.42. The number of nitrogen functional groups attached to an aromatic ring is 1. The minimum absolute atomic E-state index is 0.0121. The standard InChI is InChI=1S/C42H57FN5O5P/c1-3-4-5-6-7-8-9-10-11-12-13-14-15-32-16-18-35(19-17-32)40(50-28-34-24-33(27-44)25-36(43)26-34)29-51-54(49)52-30-42(2)23-22-39(53-42)37-20-21-38-41(45)46-31-47-48(37)38/h16-21,24-26,31,39-40,49H,3-15,22-23,28-30H2,1-2H3,(H2,45,46,47)/t39?,40?,42-,54?/m0/s1. The molecule has 1 fully saturated rings. The number of nitrogens with two attached hydrogens (primary N) is 1. The Labute approximate surface area is 321 Å². The second-order valence-electron chi connectivity index (χ2n) is 14.7. The fourth-order valence-corrected chi connectivity index (χ4v) is 7.82. The summed E-state index contributed by atoms with van der Waals surface area (Å²) in [7, 11) is -2.25. The fraction of sp³-hybridized carbons (Fsp3) is 0.548. The number of rotatable bonds is 24. The Balaban J connectivity index is 1.09. The molecule has 0 aliphatic carbocycles. The third-order valence-corrected chi connectivity index (χ3v) is 10.9. The lowest BCUT2D eigenvalue weighted by Crippen LogP contribution is -2.29. The summed E-state index contributed by atoms with van der Waals surface area (Å²) in [4.78, 5) is 14.9. The Morgan fingerprint density at radius 2 is 1.69 bits per heavy atom. The average molecular weight is 762 g/mol. The SMILES string of the molecule is CCCCCCCCCCCCCCc1ccc(C(COP(O)OC[C@]2(C)CCC(c3ccc4c(N)ncnn34)O2)OCc2cc(F)cc(C#N)c2)cc1. The van der Waals surface area contributed by atoms with Crippen molar-refractivity contribution in [3.63, 3.8) is 0 Å². The van der Waals surface area contributed by atoms with Crippen LogP contribution in [0.15, 0.2) is 60.9 Å². The van der Waals surface area contributed by atoms with E-state index in [2.05, 4.69) is 29.1 Å². The normalized spacial score (nSPS) is 18.2. The molecular weight excluding hydrogens is 704 g/mol. The van der Waals surface area contributed by atoms with Crippen LogP contribution in [0.2, 0.25) is 0 Å². The monoisotopic (exact) mass is 761 g/mol. The first-order valence-electron chi connectivity index (χ1n) is 19.7. The maximum Gasteiger partial charge on any atom is 0.330 e. The van der Waals surface area contributed by atoms with Crippen LogP contribution >= 0.6 is 8.60 Å². The molecule has 4 aromatic rings. The van der Waals surface area contributed by atoms with Crippen LogP contribution in [0, 0.1) is 17.1 Å². The first-order valence-corrected chi connectivity index (χ1v) is 20.8. The molecule has 0 bridgehead atoms. The van der Waals surface area contributed by atoms with E-state index >= 15 is 0 Å². The van der Waals surface area contributed by atoms with Gasteiger partial charge in [0.05, 0.1) is 42.7 Å². The van der Waals surface area contributed by atoms with Crippen LogP contribution in [0.5, 0.6) is 0 Å².